The van der Waals surface area contributed by atoms with Gasteiger partial charge in [-0.3, -0.25) is 19.7 Å². The van der Waals surface area contributed by atoms with Crippen LogP contribution in [0.1, 0.15) is 75.0 Å². The molecule has 3 aromatic heterocycles. The number of fused-ring (bicyclic) bond motifs is 2. The fraction of sp³-hybridized carbons (Fsp3) is 0.239. The summed E-state index contributed by atoms with van der Waals surface area (Å²) in [7, 11) is 0. The molecule has 1 atom stereocenters. The molecule has 15 heteroatoms. The van der Waals surface area contributed by atoms with Crippen LogP contribution in [-0.4, -0.2) is 54.4 Å². The number of nitriles is 2. The highest BCUT2D eigenvalue weighted by molar-refractivity contribution is 6.36. The SMILES string of the molecule is CC(=O)Nc1cccc(C(Nc2cc(Cl)c3ncc(C#N)c(Nc4ccc(F)c(Cl)c4)c3c2)c2cn(C3CCN(C(C)(C)C)CC3)nn2)c1.N#Cc1cnc2ccccc2c1. The molecule has 0 saturated carbocycles. The molecule has 308 valence electrons. The van der Waals surface area contributed by atoms with Crippen LogP contribution >= 0.6 is 23.2 Å². The maximum Gasteiger partial charge on any atom is 0.221 e. The van der Waals surface area contributed by atoms with Crippen LogP contribution in [0.3, 0.4) is 0 Å². The van der Waals surface area contributed by atoms with E-state index in [-0.39, 0.29) is 28.1 Å². The van der Waals surface area contributed by atoms with E-state index in [1.807, 2.05) is 71.5 Å². The molecule has 1 aliphatic heterocycles. The second-order valence-corrected chi connectivity index (χ2v) is 16.5. The van der Waals surface area contributed by atoms with Crippen molar-refractivity contribution in [2.24, 2.45) is 0 Å². The highest BCUT2D eigenvalue weighted by Gasteiger charge is 2.29. The fourth-order valence-corrected chi connectivity index (χ4v) is 7.76. The van der Waals surface area contributed by atoms with Crippen molar-refractivity contribution in [2.45, 2.75) is 58.2 Å². The smallest absolute Gasteiger partial charge is 0.221 e. The molecule has 0 spiro atoms. The summed E-state index contributed by atoms with van der Waals surface area (Å²) in [6.45, 7) is 10.1. The van der Waals surface area contributed by atoms with Crippen LogP contribution in [-0.2, 0) is 4.79 Å². The van der Waals surface area contributed by atoms with E-state index in [2.05, 4.69) is 74.0 Å². The number of carbonyl (C=O) groups excluding carboxylic acids is 1. The third-order valence-electron chi connectivity index (χ3n) is 10.4. The molecule has 0 radical (unpaired) electrons. The van der Waals surface area contributed by atoms with E-state index >= 15 is 0 Å². The summed E-state index contributed by atoms with van der Waals surface area (Å²) >= 11 is 12.9. The van der Waals surface area contributed by atoms with E-state index in [1.54, 1.807) is 12.3 Å². The van der Waals surface area contributed by atoms with Gasteiger partial charge in [-0.1, -0.05) is 58.7 Å². The first kappa shape index (κ1) is 42.5. The Morgan fingerprint density at radius 3 is 2.38 bits per heavy atom. The Labute approximate surface area is 362 Å². The van der Waals surface area contributed by atoms with Crippen LogP contribution in [0, 0.1) is 28.5 Å². The summed E-state index contributed by atoms with van der Waals surface area (Å²) in [4.78, 5) is 23.0. The van der Waals surface area contributed by atoms with Gasteiger partial charge in [0.25, 0.3) is 0 Å². The molecule has 1 aliphatic rings. The number of halogens is 3. The van der Waals surface area contributed by atoms with Crippen molar-refractivity contribution in [1.82, 2.24) is 29.9 Å². The Balaban J connectivity index is 0.000000399. The Kier molecular flexibility index (Phi) is 12.8. The van der Waals surface area contributed by atoms with E-state index in [1.165, 1.54) is 31.3 Å². The number of para-hydroxylation sites is 1. The summed E-state index contributed by atoms with van der Waals surface area (Å²) in [5.41, 5.74) is 6.08. The Bertz CT molecular complexity index is 2820. The van der Waals surface area contributed by atoms with Crippen molar-refractivity contribution >= 4 is 73.7 Å². The monoisotopic (exact) mass is 853 g/mol. The molecule has 4 aromatic carbocycles. The van der Waals surface area contributed by atoms with Crippen molar-refractivity contribution in [3.8, 4) is 12.1 Å². The summed E-state index contributed by atoms with van der Waals surface area (Å²) in [6, 6.07) is 28.9. The molecule has 1 amide bonds. The molecular formula is C46H42Cl2FN11O. The van der Waals surface area contributed by atoms with Crippen LogP contribution in [0.25, 0.3) is 21.8 Å². The molecular weight excluding hydrogens is 812 g/mol. The summed E-state index contributed by atoms with van der Waals surface area (Å²) < 4.78 is 15.9. The third kappa shape index (κ3) is 10.0. The van der Waals surface area contributed by atoms with E-state index < -0.39 is 11.9 Å². The van der Waals surface area contributed by atoms with E-state index in [4.69, 9.17) is 28.5 Å². The number of pyridine rings is 2. The average Bonchev–Trinajstić information content (AvgIpc) is 3.74. The fourth-order valence-electron chi connectivity index (χ4n) is 7.31. The predicted molar refractivity (Wildman–Crippen MR) is 238 cm³/mol. The number of aromatic nitrogens is 5. The zero-order valence-corrected chi connectivity index (χ0v) is 35.4. The molecule has 12 nitrogen and oxygen atoms in total. The van der Waals surface area contributed by atoms with Crippen LogP contribution in [0.2, 0.25) is 10.0 Å². The number of likely N-dealkylation sites (tertiary alicyclic amines) is 1. The molecule has 1 saturated heterocycles. The van der Waals surface area contributed by atoms with Gasteiger partial charge < -0.3 is 16.0 Å². The first-order chi connectivity index (χ1) is 29.3. The van der Waals surface area contributed by atoms with Crippen LogP contribution in [0.4, 0.5) is 27.1 Å². The van der Waals surface area contributed by atoms with Gasteiger partial charge in [-0.05, 0) is 93.8 Å². The molecule has 4 heterocycles. The highest BCUT2D eigenvalue weighted by atomic mass is 35.5. The molecule has 61 heavy (non-hydrogen) atoms. The topological polar surface area (TPSA) is 160 Å². The van der Waals surface area contributed by atoms with Crippen molar-refractivity contribution in [1.29, 1.82) is 10.5 Å². The van der Waals surface area contributed by atoms with Crippen LogP contribution < -0.4 is 16.0 Å². The number of piperidine rings is 1. The standard InChI is InChI=1S/C36H36Cl2FN9O.C10H6N2/c1-21(49)42-24-7-5-6-22(14-24)34(32-20-48(46-45-32)27-10-12-47(13-11-27)36(2,3)4)44-26-15-28-33(43-25-8-9-31(39)29(37)16-25)23(18-40)19-41-35(28)30(38)17-26;11-6-8-5-9-3-1-2-4-10(9)12-7-8/h5-9,14-17,19-20,27,34,44H,10-13H2,1-4H3,(H,41,43)(H,42,49);1-5,7H. The number of nitrogens with one attached hydrogen (secondary N) is 3. The zero-order valence-electron chi connectivity index (χ0n) is 33.9. The van der Waals surface area contributed by atoms with Gasteiger partial charge in [-0.2, -0.15) is 10.5 Å². The van der Waals surface area contributed by atoms with Crippen molar-refractivity contribution < 1.29 is 9.18 Å². The Morgan fingerprint density at radius 2 is 1.66 bits per heavy atom. The number of nitrogens with zero attached hydrogens (tertiary/aromatic N) is 8. The lowest BCUT2D eigenvalue weighted by Gasteiger charge is -2.40. The molecule has 0 bridgehead atoms. The number of benzene rings is 4. The average molecular weight is 855 g/mol. The summed E-state index contributed by atoms with van der Waals surface area (Å²) in [5.74, 6) is -0.735. The van der Waals surface area contributed by atoms with E-state index in [9.17, 15) is 14.4 Å². The molecule has 7 aromatic rings. The predicted octanol–water partition coefficient (Wildman–Crippen LogP) is 10.6. The second-order valence-electron chi connectivity index (χ2n) is 15.7. The van der Waals surface area contributed by atoms with Gasteiger partial charge >= 0.3 is 0 Å². The lowest BCUT2D eigenvalue weighted by atomic mass is 9.98. The third-order valence-corrected chi connectivity index (χ3v) is 11.0. The molecule has 3 N–H and O–H groups in total. The van der Waals surface area contributed by atoms with Crippen LogP contribution in [0.5, 0.6) is 0 Å². The lowest BCUT2D eigenvalue weighted by Crippen LogP contribution is -2.46. The van der Waals surface area contributed by atoms with Gasteiger partial charge in [0.15, 0.2) is 0 Å². The number of anilines is 4. The Hall–Kier alpha value is -6.64. The van der Waals surface area contributed by atoms with Gasteiger partial charge in [0.1, 0.15) is 23.6 Å². The van der Waals surface area contributed by atoms with Crippen molar-refractivity contribution in [2.75, 3.05) is 29.0 Å². The molecule has 1 unspecified atom stereocenters. The quantitative estimate of drug-likeness (QED) is 0.134. The molecule has 1 fully saturated rings. The van der Waals surface area contributed by atoms with Gasteiger partial charge in [0, 0.05) is 65.8 Å². The van der Waals surface area contributed by atoms with Gasteiger partial charge in [-0.25, -0.2) is 9.07 Å². The minimum absolute atomic E-state index is 0.0561. The maximum absolute atomic E-state index is 13.9. The molecule has 0 aliphatic carbocycles. The number of hydrogen-bond acceptors (Lipinski definition) is 10. The van der Waals surface area contributed by atoms with Gasteiger partial charge in [0.05, 0.1) is 56.2 Å². The summed E-state index contributed by atoms with van der Waals surface area (Å²) in [5, 5.41) is 39.3. The van der Waals surface area contributed by atoms with E-state index in [0.29, 0.717) is 49.9 Å². The molecule has 8 rings (SSSR count). The second kappa shape index (κ2) is 18.3. The zero-order chi connectivity index (χ0) is 43.3. The largest absolute Gasteiger partial charge is 0.373 e. The van der Waals surface area contributed by atoms with Gasteiger partial charge in [0.2, 0.25) is 5.91 Å². The number of hydrogen-bond donors (Lipinski definition) is 3. The van der Waals surface area contributed by atoms with Gasteiger partial charge in [-0.15, -0.1) is 5.10 Å². The van der Waals surface area contributed by atoms with E-state index in [0.717, 1.165) is 42.4 Å². The first-order valence-electron chi connectivity index (χ1n) is 19.6. The first-order valence-corrected chi connectivity index (χ1v) is 20.4. The number of carbonyl (C=O) groups is 1. The maximum atomic E-state index is 13.9. The number of rotatable bonds is 8. The van der Waals surface area contributed by atoms with Crippen molar-refractivity contribution in [3.05, 3.63) is 142 Å². The Morgan fingerprint density at radius 1 is 0.885 bits per heavy atom. The summed E-state index contributed by atoms with van der Waals surface area (Å²) in [6.07, 6.45) is 6.92. The lowest BCUT2D eigenvalue weighted by molar-refractivity contribution is -0.114. The number of amides is 1. The van der Waals surface area contributed by atoms with Crippen LogP contribution in [0.15, 0.2) is 104 Å². The highest BCUT2D eigenvalue weighted by Crippen LogP contribution is 2.38. The van der Waals surface area contributed by atoms with Crippen molar-refractivity contribution in [3.63, 3.8) is 0 Å². The minimum atomic E-state index is -0.553. The minimum Gasteiger partial charge on any atom is -0.373 e. The normalized spacial score (nSPS) is 13.7.